The Kier molecular flexibility index (Phi) is 47.3. The molecule has 1 amide bonds. The molecule has 0 aliphatic rings. The van der Waals surface area contributed by atoms with Crippen molar-refractivity contribution in [2.24, 2.45) is 0 Å². The third-order valence-corrected chi connectivity index (χ3v) is 12.9. The fraction of sp³-hybridized carbons (Fsp3) is 0.700. The SMILES string of the molecule is CC\C=C/C=C/C=C/C=C\C=C\C=C\CCCCCC(=O)OC(/C=C/CCCCCCCCCCCC)C(COP(=O)(O)OCC[N+](C)(C)C)NC(=O)CCCCCCCCC/C=C\CCCCCC. The first-order valence-electron chi connectivity index (χ1n) is 28.1. The van der Waals surface area contributed by atoms with E-state index in [1.165, 1.54) is 103 Å². The van der Waals surface area contributed by atoms with Crippen LogP contribution in [-0.2, 0) is 27.9 Å². The second-order valence-corrected chi connectivity index (χ2v) is 21.3. The van der Waals surface area contributed by atoms with Crippen LogP contribution in [0.5, 0.6) is 0 Å². The minimum absolute atomic E-state index is 0.0271. The normalized spacial score (nSPS) is 14.6. The van der Waals surface area contributed by atoms with E-state index in [1.54, 1.807) is 0 Å². The fourth-order valence-corrected chi connectivity index (χ4v) is 8.29. The van der Waals surface area contributed by atoms with Crippen molar-refractivity contribution < 1.29 is 37.3 Å². The molecule has 3 unspecified atom stereocenters. The molecule has 2 N–H and O–H groups in total. The highest BCUT2D eigenvalue weighted by molar-refractivity contribution is 7.47. The number of esters is 1. The number of rotatable bonds is 49. The van der Waals surface area contributed by atoms with Crippen LogP contribution < -0.4 is 5.32 Å². The zero-order valence-electron chi connectivity index (χ0n) is 45.7. The number of hydrogen-bond acceptors (Lipinski definition) is 6. The van der Waals surface area contributed by atoms with Crippen molar-refractivity contribution in [3.05, 3.63) is 97.2 Å². The van der Waals surface area contributed by atoms with Crippen LogP contribution in [0.4, 0.5) is 0 Å². The van der Waals surface area contributed by atoms with Gasteiger partial charge in [0.1, 0.15) is 19.3 Å². The van der Waals surface area contributed by atoms with Crippen LogP contribution in [-0.4, -0.2) is 74.3 Å². The molecule has 0 aromatic heterocycles. The summed E-state index contributed by atoms with van der Waals surface area (Å²) in [7, 11) is 1.45. The summed E-state index contributed by atoms with van der Waals surface area (Å²) >= 11 is 0. The summed E-state index contributed by atoms with van der Waals surface area (Å²) in [6.07, 6.45) is 65.4. The van der Waals surface area contributed by atoms with Gasteiger partial charge in [-0.15, -0.1) is 0 Å². The molecule has 0 bridgehead atoms. The molecule has 0 aromatic carbocycles. The Balaban J connectivity index is 5.48. The number of amides is 1. The number of ether oxygens (including phenoxy) is 1. The predicted octanol–water partition coefficient (Wildman–Crippen LogP) is 16.8. The lowest BCUT2D eigenvalue weighted by Crippen LogP contribution is -2.47. The third kappa shape index (κ3) is 49.9. The zero-order chi connectivity index (χ0) is 51.5. The number of unbranched alkanes of at least 4 members (excludes halogenated alkanes) is 24. The second-order valence-electron chi connectivity index (χ2n) is 19.9. The topological polar surface area (TPSA) is 111 Å². The van der Waals surface area contributed by atoms with Gasteiger partial charge in [-0.05, 0) is 76.7 Å². The predicted molar refractivity (Wildman–Crippen MR) is 300 cm³/mol. The lowest BCUT2D eigenvalue weighted by atomic mass is 10.0. The first-order valence-corrected chi connectivity index (χ1v) is 29.6. The number of carbonyl (C=O) groups is 2. The maximum absolute atomic E-state index is 13.5. The number of nitrogens with zero attached hydrogens (tertiary/aromatic N) is 1. The van der Waals surface area contributed by atoms with Gasteiger partial charge in [0.05, 0.1) is 33.8 Å². The molecular formula is C60H106N2O7P+. The molecule has 0 fully saturated rings. The quantitative estimate of drug-likeness (QED) is 0.0156. The van der Waals surface area contributed by atoms with E-state index >= 15 is 0 Å². The van der Waals surface area contributed by atoms with Crippen LogP contribution in [0.15, 0.2) is 97.2 Å². The van der Waals surface area contributed by atoms with E-state index in [-0.39, 0.29) is 31.5 Å². The van der Waals surface area contributed by atoms with Gasteiger partial charge in [-0.1, -0.05) is 227 Å². The van der Waals surface area contributed by atoms with Gasteiger partial charge in [-0.2, -0.15) is 0 Å². The van der Waals surface area contributed by atoms with Crippen molar-refractivity contribution in [1.82, 2.24) is 5.32 Å². The van der Waals surface area contributed by atoms with Crippen LogP contribution >= 0.6 is 7.82 Å². The van der Waals surface area contributed by atoms with Gasteiger partial charge in [0.2, 0.25) is 5.91 Å². The van der Waals surface area contributed by atoms with Crippen molar-refractivity contribution in [3.63, 3.8) is 0 Å². The molecule has 0 heterocycles. The summed E-state index contributed by atoms with van der Waals surface area (Å²) in [5.74, 6) is -0.568. The van der Waals surface area contributed by atoms with E-state index in [9.17, 15) is 19.0 Å². The number of nitrogens with one attached hydrogen (secondary N) is 1. The number of hydrogen-bond donors (Lipinski definition) is 2. The Hall–Kier alpha value is -3.07. The van der Waals surface area contributed by atoms with Gasteiger partial charge in [0, 0.05) is 12.8 Å². The Morgan fingerprint density at radius 1 is 0.514 bits per heavy atom. The minimum Gasteiger partial charge on any atom is -0.456 e. The van der Waals surface area contributed by atoms with E-state index in [1.807, 2.05) is 94.1 Å². The number of phosphoric ester groups is 1. The summed E-state index contributed by atoms with van der Waals surface area (Å²) < 4.78 is 30.5. The van der Waals surface area contributed by atoms with Crippen molar-refractivity contribution >= 4 is 19.7 Å². The van der Waals surface area contributed by atoms with E-state index < -0.39 is 20.0 Å². The van der Waals surface area contributed by atoms with Gasteiger partial charge in [0.25, 0.3) is 0 Å². The second kappa shape index (κ2) is 49.5. The fourth-order valence-electron chi connectivity index (χ4n) is 7.55. The number of quaternary nitrogens is 1. The molecule has 0 aromatic rings. The lowest BCUT2D eigenvalue weighted by Gasteiger charge is -2.27. The molecule has 0 radical (unpaired) electrons. The van der Waals surface area contributed by atoms with Crippen LogP contribution in [0.1, 0.15) is 220 Å². The zero-order valence-corrected chi connectivity index (χ0v) is 46.6. The standard InChI is InChI=1S/C60H105N2O7P/c1-7-10-13-16-19-22-25-28-30-31-33-35-38-41-44-47-50-53-60(64)69-58(51-48-45-42-39-36-27-24-21-18-15-12-9-3)57(56-68-70(65,66)67-55-54-62(4,5)6)61-59(63)52-49-46-43-40-37-34-32-29-26-23-20-17-14-11-8-2/h10,13,16,19,22-23,25-26,28,30-31,33,35,38,48,51,57-58H,7-9,11-12,14-15,17-18,20-21,24,27,29,32,34,36-37,39-47,49-50,52-56H2,1-6H3,(H-,61,63,65,66)/p+1/b13-10-,19-16+,25-22+,26-23-,30-28-,33-31+,38-35+,51-48+. The average Bonchev–Trinajstić information content (AvgIpc) is 3.32. The van der Waals surface area contributed by atoms with Crippen molar-refractivity contribution in [3.8, 4) is 0 Å². The van der Waals surface area contributed by atoms with Crippen molar-refractivity contribution in [1.29, 1.82) is 0 Å². The van der Waals surface area contributed by atoms with Gasteiger partial charge in [-0.25, -0.2) is 4.57 Å². The van der Waals surface area contributed by atoms with Crippen LogP contribution in [0, 0.1) is 0 Å². The largest absolute Gasteiger partial charge is 0.472 e. The molecule has 0 spiro atoms. The van der Waals surface area contributed by atoms with E-state index in [0.29, 0.717) is 23.9 Å². The Morgan fingerprint density at radius 3 is 1.44 bits per heavy atom. The number of likely N-dealkylation sites (N-methyl/N-ethyl adjacent to an activating group) is 1. The molecule has 10 heteroatoms. The first-order chi connectivity index (χ1) is 33.9. The van der Waals surface area contributed by atoms with Gasteiger partial charge < -0.3 is 19.4 Å². The summed E-state index contributed by atoms with van der Waals surface area (Å²) in [6, 6.07) is -0.873. The Labute approximate surface area is 430 Å². The highest BCUT2D eigenvalue weighted by Gasteiger charge is 2.30. The molecule has 402 valence electrons. The molecule has 3 atom stereocenters. The monoisotopic (exact) mass is 998 g/mol. The number of allylic oxidation sites excluding steroid dienone is 15. The molecule has 0 rings (SSSR count). The molecule has 70 heavy (non-hydrogen) atoms. The molecule has 0 saturated heterocycles. The molecule has 0 aliphatic heterocycles. The minimum atomic E-state index is -4.46. The van der Waals surface area contributed by atoms with Gasteiger partial charge in [0.15, 0.2) is 0 Å². The molecule has 0 saturated carbocycles. The van der Waals surface area contributed by atoms with Crippen LogP contribution in [0.25, 0.3) is 0 Å². The average molecular weight is 998 g/mol. The van der Waals surface area contributed by atoms with E-state index in [4.69, 9.17) is 13.8 Å². The van der Waals surface area contributed by atoms with Gasteiger partial charge in [-0.3, -0.25) is 18.6 Å². The van der Waals surface area contributed by atoms with Gasteiger partial charge >= 0.3 is 13.8 Å². The van der Waals surface area contributed by atoms with E-state index in [2.05, 4.69) is 50.4 Å². The summed E-state index contributed by atoms with van der Waals surface area (Å²) in [5, 5.41) is 3.03. The van der Waals surface area contributed by atoms with Crippen LogP contribution in [0.2, 0.25) is 0 Å². The lowest BCUT2D eigenvalue weighted by molar-refractivity contribution is -0.870. The number of carbonyl (C=O) groups excluding carboxylic acids is 2. The molecular weight excluding hydrogens is 892 g/mol. The van der Waals surface area contributed by atoms with Crippen molar-refractivity contribution in [2.75, 3.05) is 40.9 Å². The molecule has 0 aliphatic carbocycles. The summed E-state index contributed by atoms with van der Waals surface area (Å²) in [4.78, 5) is 37.5. The Morgan fingerprint density at radius 2 is 0.929 bits per heavy atom. The maximum Gasteiger partial charge on any atom is 0.472 e. The Bertz CT molecular complexity index is 1520. The summed E-state index contributed by atoms with van der Waals surface area (Å²) in [5.41, 5.74) is 0. The smallest absolute Gasteiger partial charge is 0.456 e. The number of phosphoric acid groups is 1. The third-order valence-electron chi connectivity index (χ3n) is 11.9. The molecule has 9 nitrogen and oxygen atoms in total. The first kappa shape index (κ1) is 66.9. The summed E-state index contributed by atoms with van der Waals surface area (Å²) in [6.45, 7) is 6.80. The van der Waals surface area contributed by atoms with E-state index in [0.717, 1.165) is 77.0 Å². The highest BCUT2D eigenvalue weighted by atomic mass is 31.2. The van der Waals surface area contributed by atoms with Crippen molar-refractivity contribution in [2.45, 2.75) is 232 Å². The van der Waals surface area contributed by atoms with Crippen LogP contribution in [0.3, 0.4) is 0 Å². The maximum atomic E-state index is 13.5. The highest BCUT2D eigenvalue weighted by Crippen LogP contribution is 2.43.